The lowest BCUT2D eigenvalue weighted by molar-refractivity contribution is -0.288. The predicted molar refractivity (Wildman–Crippen MR) is 63.2 cm³/mol. The van der Waals surface area contributed by atoms with Crippen LogP contribution < -0.4 is 0 Å². The molecule has 0 unspecified atom stereocenters. The smallest absolute Gasteiger partial charge is 0.303 e. The van der Waals surface area contributed by atoms with Crippen LogP contribution in [0.4, 0.5) is 0 Å². The molecule has 5 atom stereocenters. The topological polar surface area (TPSA) is 108 Å². The minimum Gasteiger partial charge on any atom is -0.456 e. The Morgan fingerprint density at radius 2 is 1.25 bits per heavy atom. The van der Waals surface area contributed by atoms with E-state index in [1.165, 1.54) is 13.8 Å². The van der Waals surface area contributed by atoms with Gasteiger partial charge in [-0.25, -0.2) is 0 Å². The molecule has 8 nitrogen and oxygen atoms in total. The maximum atomic E-state index is 11.2. The monoisotopic (exact) mass is 290 g/mol. The van der Waals surface area contributed by atoms with Crippen LogP contribution in [-0.2, 0) is 33.3 Å². The van der Waals surface area contributed by atoms with Gasteiger partial charge in [0.15, 0.2) is 24.6 Å². The number of carbonyl (C=O) groups is 3. The van der Waals surface area contributed by atoms with Crippen LogP contribution in [0.1, 0.15) is 27.7 Å². The first kappa shape index (κ1) is 16.4. The maximum absolute atomic E-state index is 11.2. The van der Waals surface area contributed by atoms with E-state index in [4.69, 9.17) is 18.9 Å². The normalized spacial score (nSPS) is 33.1. The average molecular weight is 290 g/mol. The third-order valence-corrected chi connectivity index (χ3v) is 2.65. The summed E-state index contributed by atoms with van der Waals surface area (Å²) < 4.78 is 20.1. The molecular weight excluding hydrogens is 272 g/mol. The largest absolute Gasteiger partial charge is 0.456 e. The SMILES string of the molecule is CC(=O)O[C@H]1[C@@H](OC(C)=O)[C@@H](C)O[C@H](O)[C@@H]1OC(C)=O. The Morgan fingerprint density at radius 1 is 0.850 bits per heavy atom. The molecule has 0 radical (unpaired) electrons. The highest BCUT2D eigenvalue weighted by molar-refractivity contribution is 5.68. The summed E-state index contributed by atoms with van der Waals surface area (Å²) in [5.74, 6) is -1.96. The van der Waals surface area contributed by atoms with Crippen molar-refractivity contribution in [3.63, 3.8) is 0 Å². The van der Waals surface area contributed by atoms with Crippen molar-refractivity contribution in [3.05, 3.63) is 0 Å². The Bertz CT molecular complexity index is 365. The van der Waals surface area contributed by atoms with Crippen LogP contribution in [0.2, 0.25) is 0 Å². The van der Waals surface area contributed by atoms with Gasteiger partial charge in [0, 0.05) is 20.8 Å². The van der Waals surface area contributed by atoms with Crippen molar-refractivity contribution in [3.8, 4) is 0 Å². The van der Waals surface area contributed by atoms with Gasteiger partial charge >= 0.3 is 17.9 Å². The van der Waals surface area contributed by atoms with E-state index in [0.29, 0.717) is 0 Å². The lowest BCUT2D eigenvalue weighted by Crippen LogP contribution is -2.60. The maximum Gasteiger partial charge on any atom is 0.303 e. The Morgan fingerprint density at radius 3 is 1.70 bits per heavy atom. The van der Waals surface area contributed by atoms with Gasteiger partial charge < -0.3 is 24.1 Å². The number of hydrogen-bond donors (Lipinski definition) is 1. The summed E-state index contributed by atoms with van der Waals surface area (Å²) in [6.45, 7) is 5.01. The van der Waals surface area contributed by atoms with Gasteiger partial charge in [0.05, 0.1) is 6.10 Å². The molecule has 1 rings (SSSR count). The van der Waals surface area contributed by atoms with E-state index in [0.717, 1.165) is 13.8 Å². The molecule has 0 amide bonds. The second kappa shape index (κ2) is 6.67. The van der Waals surface area contributed by atoms with Gasteiger partial charge in [0.2, 0.25) is 0 Å². The van der Waals surface area contributed by atoms with Crippen LogP contribution in [0.25, 0.3) is 0 Å². The summed E-state index contributed by atoms with van der Waals surface area (Å²) in [6.07, 6.45) is -5.60. The van der Waals surface area contributed by atoms with Crippen molar-refractivity contribution in [2.45, 2.75) is 58.4 Å². The van der Waals surface area contributed by atoms with E-state index in [1.807, 2.05) is 0 Å². The van der Waals surface area contributed by atoms with Crippen LogP contribution in [0, 0.1) is 0 Å². The van der Waals surface area contributed by atoms with E-state index in [9.17, 15) is 19.5 Å². The molecule has 0 aromatic heterocycles. The summed E-state index contributed by atoms with van der Waals surface area (Å²) in [5.41, 5.74) is 0. The number of ether oxygens (including phenoxy) is 4. The lowest BCUT2D eigenvalue weighted by atomic mass is 9.99. The molecule has 114 valence electrons. The lowest BCUT2D eigenvalue weighted by Gasteiger charge is -2.41. The Hall–Kier alpha value is -1.67. The summed E-state index contributed by atoms with van der Waals surface area (Å²) >= 11 is 0. The Kier molecular flexibility index (Phi) is 5.46. The molecule has 1 fully saturated rings. The van der Waals surface area contributed by atoms with E-state index in [1.54, 1.807) is 0 Å². The highest BCUT2D eigenvalue weighted by atomic mass is 16.7. The molecule has 1 saturated heterocycles. The summed E-state index contributed by atoms with van der Waals surface area (Å²) in [6, 6.07) is 0. The zero-order valence-electron chi connectivity index (χ0n) is 11.7. The molecule has 1 aliphatic heterocycles. The molecule has 0 aliphatic carbocycles. The minimum atomic E-state index is -1.48. The molecule has 0 spiro atoms. The number of hydrogen-bond acceptors (Lipinski definition) is 8. The Labute approximate surface area is 115 Å². The van der Waals surface area contributed by atoms with Gasteiger partial charge in [-0.15, -0.1) is 0 Å². The van der Waals surface area contributed by atoms with Gasteiger partial charge in [-0.1, -0.05) is 0 Å². The number of carbonyl (C=O) groups excluding carboxylic acids is 3. The molecule has 0 aromatic rings. The zero-order valence-corrected chi connectivity index (χ0v) is 11.7. The van der Waals surface area contributed by atoms with Crippen LogP contribution >= 0.6 is 0 Å². The fourth-order valence-electron chi connectivity index (χ4n) is 1.99. The standard InChI is InChI=1S/C12H18O8/c1-5-9(18-6(2)13)10(19-7(3)14)11(12(16)17-5)20-8(4)15/h5,9-12,16H,1-4H3/t5-,9+,10+,11-,12+/m1/s1. The number of aliphatic hydroxyl groups is 1. The molecule has 8 heteroatoms. The van der Waals surface area contributed by atoms with Crippen LogP contribution in [0.5, 0.6) is 0 Å². The number of esters is 3. The van der Waals surface area contributed by atoms with Gasteiger partial charge in [-0.05, 0) is 6.92 Å². The van der Waals surface area contributed by atoms with E-state index >= 15 is 0 Å². The Balaban J connectivity index is 3.01. The molecule has 0 aromatic carbocycles. The van der Waals surface area contributed by atoms with Crippen LogP contribution in [-0.4, -0.2) is 53.7 Å². The van der Waals surface area contributed by atoms with Gasteiger partial charge in [-0.3, -0.25) is 14.4 Å². The van der Waals surface area contributed by atoms with Crippen LogP contribution in [0.15, 0.2) is 0 Å². The van der Waals surface area contributed by atoms with Crippen molar-refractivity contribution in [2.24, 2.45) is 0 Å². The van der Waals surface area contributed by atoms with Gasteiger partial charge in [0.1, 0.15) is 0 Å². The summed E-state index contributed by atoms with van der Waals surface area (Å²) in [7, 11) is 0. The minimum absolute atomic E-state index is 0.611. The highest BCUT2D eigenvalue weighted by Gasteiger charge is 2.49. The number of aliphatic hydroxyl groups excluding tert-OH is 1. The van der Waals surface area contributed by atoms with Crippen molar-refractivity contribution in [2.75, 3.05) is 0 Å². The first-order valence-electron chi connectivity index (χ1n) is 6.07. The first-order valence-corrected chi connectivity index (χ1v) is 6.07. The van der Waals surface area contributed by atoms with Crippen molar-refractivity contribution in [1.82, 2.24) is 0 Å². The van der Waals surface area contributed by atoms with Crippen LogP contribution in [0.3, 0.4) is 0 Å². The quantitative estimate of drug-likeness (QED) is 0.548. The molecule has 1 aliphatic rings. The summed E-state index contributed by atoms with van der Waals surface area (Å²) in [4.78, 5) is 33.3. The predicted octanol–water partition coefficient (Wildman–Crippen LogP) is -0.481. The van der Waals surface area contributed by atoms with Crippen molar-refractivity contribution >= 4 is 17.9 Å². The fourth-order valence-corrected chi connectivity index (χ4v) is 1.99. The zero-order chi connectivity index (χ0) is 15.4. The average Bonchev–Trinajstić information content (AvgIpc) is 2.27. The molecule has 0 bridgehead atoms. The molecular formula is C12H18O8. The second-order valence-electron chi connectivity index (χ2n) is 4.45. The second-order valence-corrected chi connectivity index (χ2v) is 4.45. The first-order chi connectivity index (χ1) is 9.22. The fraction of sp³-hybridized carbons (Fsp3) is 0.750. The molecule has 0 saturated carbocycles. The van der Waals surface area contributed by atoms with Gasteiger partial charge in [0.25, 0.3) is 0 Å². The van der Waals surface area contributed by atoms with E-state index < -0.39 is 48.6 Å². The third kappa shape index (κ3) is 4.17. The highest BCUT2D eigenvalue weighted by Crippen LogP contribution is 2.27. The third-order valence-electron chi connectivity index (χ3n) is 2.65. The van der Waals surface area contributed by atoms with E-state index in [2.05, 4.69) is 0 Å². The molecule has 1 heterocycles. The van der Waals surface area contributed by atoms with Crippen molar-refractivity contribution in [1.29, 1.82) is 0 Å². The van der Waals surface area contributed by atoms with Crippen molar-refractivity contribution < 1.29 is 38.4 Å². The molecule has 1 N–H and O–H groups in total. The molecule has 20 heavy (non-hydrogen) atoms. The van der Waals surface area contributed by atoms with Gasteiger partial charge in [-0.2, -0.15) is 0 Å². The summed E-state index contributed by atoms with van der Waals surface area (Å²) in [5, 5.41) is 9.79. The van der Waals surface area contributed by atoms with E-state index in [-0.39, 0.29) is 0 Å². The number of rotatable bonds is 3.